The Morgan fingerprint density at radius 1 is 1.78 bits per heavy atom. The summed E-state index contributed by atoms with van der Waals surface area (Å²) in [4.78, 5) is 3.77. The number of rotatable bonds is 2. The molecule has 0 aromatic rings. The third-order valence-electron chi connectivity index (χ3n) is 0.871. The van der Waals surface area contributed by atoms with Crippen LogP contribution in [0.2, 0.25) is 0 Å². The van der Waals surface area contributed by atoms with Gasteiger partial charge in [-0.05, 0) is 4.99 Å². The summed E-state index contributed by atoms with van der Waals surface area (Å²) in [6.07, 6.45) is 4.86. The molecule has 0 unspecified atom stereocenters. The Labute approximate surface area is 59.9 Å². The zero-order valence-corrected chi connectivity index (χ0v) is 5.52. The van der Waals surface area contributed by atoms with Crippen LogP contribution < -0.4 is 17.7 Å². The predicted molar refractivity (Wildman–Crippen MR) is 30.4 cm³/mol. The van der Waals surface area contributed by atoms with E-state index in [0.29, 0.717) is 6.42 Å². The van der Waals surface area contributed by atoms with Crippen molar-refractivity contribution in [2.45, 2.75) is 6.42 Å². The zero-order valence-electron chi connectivity index (χ0n) is 4.76. The summed E-state index contributed by atoms with van der Waals surface area (Å²) in [5, 5.41) is 11.0. The fourth-order valence-corrected chi connectivity index (χ4v) is 0.495. The standard InChI is InChI=1S/C5H7N2O.ClH/c8-2-1-5-3-6-4-7-5;/h3,8H,1-2H2,(H,6,7);1H/q+1;/p-1. The molecule has 0 amide bonds. The molecule has 4 heteroatoms. The first-order valence-corrected chi connectivity index (χ1v) is 2.44. The molecule has 1 aliphatic rings. The van der Waals surface area contributed by atoms with Crippen LogP contribution in [0.25, 0.3) is 0 Å². The predicted octanol–water partition coefficient (Wildman–Crippen LogP) is -3.28. The lowest BCUT2D eigenvalue weighted by Crippen LogP contribution is -3.00. The van der Waals surface area contributed by atoms with E-state index in [9.17, 15) is 0 Å². The summed E-state index contributed by atoms with van der Waals surface area (Å²) in [7, 11) is 0. The minimum atomic E-state index is 0. The summed E-state index contributed by atoms with van der Waals surface area (Å²) in [6, 6.07) is 0. The van der Waals surface area contributed by atoms with E-state index in [1.165, 1.54) is 0 Å². The molecular weight excluding hydrogens is 140 g/mol. The Hall–Kier alpha value is -0.630. The minimum Gasteiger partial charge on any atom is -1.00 e. The molecule has 1 heterocycles. The number of aliphatic imine (C=N–C) groups is 1. The van der Waals surface area contributed by atoms with Gasteiger partial charge in [0.1, 0.15) is 0 Å². The number of nitrogens with one attached hydrogen (secondary N) is 1. The van der Waals surface area contributed by atoms with Crippen molar-refractivity contribution in [2.24, 2.45) is 4.99 Å². The fraction of sp³-hybridized carbons (Fsp3) is 0.400. The Balaban J connectivity index is 0.000000640. The quantitative estimate of drug-likeness (QED) is 0.402. The number of aliphatic hydroxyl groups is 1. The molecule has 0 aromatic heterocycles. The van der Waals surface area contributed by atoms with E-state index in [0.717, 1.165) is 5.70 Å². The van der Waals surface area contributed by atoms with E-state index >= 15 is 0 Å². The van der Waals surface area contributed by atoms with Gasteiger partial charge in [-0.25, -0.2) is 0 Å². The van der Waals surface area contributed by atoms with E-state index < -0.39 is 0 Å². The van der Waals surface area contributed by atoms with Gasteiger partial charge < -0.3 is 17.5 Å². The van der Waals surface area contributed by atoms with E-state index in [-0.39, 0.29) is 19.0 Å². The second-order valence-electron chi connectivity index (χ2n) is 1.48. The van der Waals surface area contributed by atoms with Crippen molar-refractivity contribution in [1.82, 2.24) is 5.32 Å². The monoisotopic (exact) mass is 146 g/mol. The van der Waals surface area contributed by atoms with Gasteiger partial charge in [0, 0.05) is 0 Å². The highest BCUT2D eigenvalue weighted by Crippen LogP contribution is 2.01. The largest absolute Gasteiger partial charge is 1.00 e. The summed E-state index contributed by atoms with van der Waals surface area (Å²) in [5.74, 6) is 0. The molecule has 0 bridgehead atoms. The third-order valence-corrected chi connectivity index (χ3v) is 0.871. The number of nitrogens with zero attached hydrogens (tertiary/aromatic N) is 1. The van der Waals surface area contributed by atoms with Gasteiger partial charge in [-0.1, -0.05) is 0 Å². The molecule has 0 spiro atoms. The molecule has 50 valence electrons. The van der Waals surface area contributed by atoms with Crippen LogP contribution in [0.5, 0.6) is 0 Å². The van der Waals surface area contributed by atoms with Gasteiger partial charge in [-0.15, -0.1) is 0 Å². The average Bonchev–Trinajstić information content (AvgIpc) is 2.19. The normalized spacial score (nSPS) is 13.2. The molecular formula is C5H7ClN2O. The molecule has 0 saturated heterocycles. The third kappa shape index (κ3) is 2.42. The van der Waals surface area contributed by atoms with Crippen molar-refractivity contribution in [1.29, 1.82) is 0 Å². The maximum absolute atomic E-state index is 8.37. The molecule has 1 aliphatic heterocycles. The molecule has 0 atom stereocenters. The van der Waals surface area contributed by atoms with Gasteiger partial charge in [-0.3, -0.25) is 0 Å². The summed E-state index contributed by atoms with van der Waals surface area (Å²) >= 11 is 0. The fourth-order valence-electron chi connectivity index (χ4n) is 0.495. The number of hydrogen-bond donors (Lipinski definition) is 2. The molecule has 1 rings (SSSR count). The van der Waals surface area contributed by atoms with Crippen LogP contribution in [0.1, 0.15) is 6.42 Å². The van der Waals surface area contributed by atoms with Crippen molar-refractivity contribution < 1.29 is 17.5 Å². The maximum Gasteiger partial charge on any atom is 0.253 e. The first kappa shape index (κ1) is 8.37. The van der Waals surface area contributed by atoms with Crippen molar-refractivity contribution in [2.75, 3.05) is 6.61 Å². The van der Waals surface area contributed by atoms with Gasteiger partial charge >= 0.3 is 0 Å². The Bertz CT molecular complexity index is 133. The van der Waals surface area contributed by atoms with Crippen LogP contribution >= 0.6 is 0 Å². The van der Waals surface area contributed by atoms with Gasteiger partial charge in [0.2, 0.25) is 5.70 Å². The highest BCUT2D eigenvalue weighted by Gasteiger charge is 2.07. The van der Waals surface area contributed by atoms with E-state index in [2.05, 4.69) is 16.6 Å². The second kappa shape index (κ2) is 4.27. The van der Waals surface area contributed by atoms with Crippen LogP contribution in [-0.2, 0) is 0 Å². The first-order valence-electron chi connectivity index (χ1n) is 2.44. The Kier molecular flexibility index (Phi) is 3.97. The van der Waals surface area contributed by atoms with Gasteiger partial charge in [-0.2, -0.15) is 5.32 Å². The van der Waals surface area contributed by atoms with E-state index in [1.807, 2.05) is 0 Å². The molecule has 0 fully saturated rings. The minimum absolute atomic E-state index is 0. The van der Waals surface area contributed by atoms with E-state index in [1.54, 1.807) is 6.20 Å². The van der Waals surface area contributed by atoms with Crippen LogP contribution in [0, 0.1) is 0 Å². The summed E-state index contributed by atoms with van der Waals surface area (Å²) in [5.41, 5.74) is 0.854. The molecule has 0 aromatic carbocycles. The van der Waals surface area contributed by atoms with Crippen LogP contribution in [-0.4, -0.2) is 18.1 Å². The van der Waals surface area contributed by atoms with E-state index in [4.69, 9.17) is 5.11 Å². The molecule has 2 N–H and O–H groups in total. The van der Waals surface area contributed by atoms with Crippen LogP contribution in [0.4, 0.5) is 0 Å². The number of hydrogen-bond acceptors (Lipinski definition) is 3. The van der Waals surface area contributed by atoms with Crippen LogP contribution in [0.3, 0.4) is 0 Å². The van der Waals surface area contributed by atoms with Crippen molar-refractivity contribution in [3.05, 3.63) is 11.9 Å². The summed E-state index contributed by atoms with van der Waals surface area (Å²) in [6.45, 7) is 0.151. The smallest absolute Gasteiger partial charge is 0.253 e. The lowest BCUT2D eigenvalue weighted by Gasteiger charge is -1.78. The lowest BCUT2D eigenvalue weighted by molar-refractivity contribution is -0.00000294. The Morgan fingerprint density at radius 3 is 3.00 bits per heavy atom. The van der Waals surface area contributed by atoms with Gasteiger partial charge in [0.05, 0.1) is 13.0 Å². The molecule has 9 heavy (non-hydrogen) atoms. The number of aliphatic hydroxyl groups excluding tert-OH is 1. The topological polar surface area (TPSA) is 44.6 Å². The van der Waals surface area contributed by atoms with Crippen LogP contribution in [0.15, 0.2) is 16.9 Å². The highest BCUT2D eigenvalue weighted by molar-refractivity contribution is 5.61. The van der Waals surface area contributed by atoms with Crippen molar-refractivity contribution in [3.8, 4) is 0 Å². The SMILES string of the molecule is OCCC1=CN[C+]=N1.[Cl-]. The van der Waals surface area contributed by atoms with Gasteiger partial charge in [0.15, 0.2) is 6.20 Å². The molecule has 3 nitrogen and oxygen atoms in total. The molecule has 0 saturated carbocycles. The van der Waals surface area contributed by atoms with Gasteiger partial charge in [0.25, 0.3) is 6.34 Å². The molecule has 0 aliphatic carbocycles. The average molecular weight is 147 g/mol. The van der Waals surface area contributed by atoms with Crippen molar-refractivity contribution in [3.63, 3.8) is 0 Å². The maximum atomic E-state index is 8.37. The highest BCUT2D eigenvalue weighted by atomic mass is 35.5. The molecule has 0 radical (unpaired) electrons. The number of halogens is 1. The Morgan fingerprint density at radius 2 is 2.56 bits per heavy atom. The van der Waals surface area contributed by atoms with Crippen molar-refractivity contribution >= 4 is 6.34 Å². The summed E-state index contributed by atoms with van der Waals surface area (Å²) < 4.78 is 0. The first-order chi connectivity index (χ1) is 3.93. The lowest BCUT2D eigenvalue weighted by atomic mass is 10.4. The zero-order chi connectivity index (χ0) is 5.82. The second-order valence-corrected chi connectivity index (χ2v) is 1.48.